The van der Waals surface area contributed by atoms with Crippen molar-refractivity contribution in [3.63, 3.8) is 0 Å². The summed E-state index contributed by atoms with van der Waals surface area (Å²) in [5.74, 6) is -3.56. The molecule has 3 aromatic carbocycles. The molecule has 8 nitrogen and oxygen atoms in total. The Morgan fingerprint density at radius 2 is 1.68 bits per heavy atom. The number of nitrogens with one attached hydrogen (secondary N) is 2. The van der Waals surface area contributed by atoms with E-state index in [9.17, 15) is 26.8 Å². The first kappa shape index (κ1) is 24.6. The van der Waals surface area contributed by atoms with Crippen molar-refractivity contribution in [3.8, 4) is 5.75 Å². The molecule has 0 bridgehead atoms. The Morgan fingerprint density at radius 3 is 2.38 bits per heavy atom. The van der Waals surface area contributed by atoms with E-state index >= 15 is 0 Å². The van der Waals surface area contributed by atoms with E-state index in [2.05, 4.69) is 10.0 Å². The number of rotatable bonds is 8. The summed E-state index contributed by atoms with van der Waals surface area (Å²) < 4.78 is 64.0. The van der Waals surface area contributed by atoms with Crippen LogP contribution in [0.15, 0.2) is 71.6 Å². The quantitative estimate of drug-likeness (QED) is 0.463. The molecule has 0 saturated heterocycles. The number of carbonyl (C=O) groups excluding carboxylic acids is 2. The van der Waals surface area contributed by atoms with Crippen molar-refractivity contribution >= 4 is 33.3 Å². The van der Waals surface area contributed by atoms with Gasteiger partial charge in [-0.1, -0.05) is 18.2 Å². The molecule has 2 N–H and O–H groups in total. The molecule has 1 amide bonds. The highest BCUT2D eigenvalue weighted by Crippen LogP contribution is 2.24. The smallest absolute Gasteiger partial charge is 0.338 e. The Hall–Kier alpha value is -3.99. The minimum absolute atomic E-state index is 0.0229. The Kier molecular flexibility index (Phi) is 7.47. The molecule has 0 heterocycles. The molecule has 1 atom stereocenters. The first-order chi connectivity index (χ1) is 16.1. The summed E-state index contributed by atoms with van der Waals surface area (Å²) in [6.07, 6.45) is -1.18. The number of esters is 1. The maximum absolute atomic E-state index is 13.4. The Balaban J connectivity index is 1.69. The van der Waals surface area contributed by atoms with Gasteiger partial charge in [0.25, 0.3) is 15.9 Å². The van der Waals surface area contributed by atoms with E-state index in [-0.39, 0.29) is 11.3 Å². The van der Waals surface area contributed by atoms with Crippen LogP contribution >= 0.6 is 0 Å². The van der Waals surface area contributed by atoms with Gasteiger partial charge in [-0.25, -0.2) is 22.0 Å². The van der Waals surface area contributed by atoms with Gasteiger partial charge >= 0.3 is 5.97 Å². The molecule has 0 aliphatic heterocycles. The normalized spacial score (nSPS) is 11.9. The van der Waals surface area contributed by atoms with E-state index in [0.717, 1.165) is 6.07 Å². The number of anilines is 2. The standard InChI is InChI=1S/C23H20F2N2O6S/c1-14(22(28)26-20-8-3-4-9-21(20)32-2)33-23(29)15-6-5-7-16(12-15)27-34(30,31)17-10-11-18(24)19(25)13-17/h3-14,27H,1-2H3,(H,26,28). The summed E-state index contributed by atoms with van der Waals surface area (Å²) in [5, 5.41) is 2.60. The molecule has 1 unspecified atom stereocenters. The third-order valence-corrected chi connectivity index (χ3v) is 5.95. The van der Waals surface area contributed by atoms with Crippen LogP contribution in [-0.4, -0.2) is 33.5 Å². The Morgan fingerprint density at radius 1 is 0.941 bits per heavy atom. The molecule has 0 spiro atoms. The van der Waals surface area contributed by atoms with Crippen molar-refractivity contribution in [2.75, 3.05) is 17.1 Å². The number of hydrogen-bond acceptors (Lipinski definition) is 6. The molecule has 0 aliphatic carbocycles. The van der Waals surface area contributed by atoms with Crippen LogP contribution < -0.4 is 14.8 Å². The summed E-state index contributed by atoms with van der Waals surface area (Å²) in [7, 11) is -2.81. The highest BCUT2D eigenvalue weighted by molar-refractivity contribution is 7.92. The molecule has 34 heavy (non-hydrogen) atoms. The van der Waals surface area contributed by atoms with Crippen LogP contribution in [-0.2, 0) is 19.6 Å². The summed E-state index contributed by atoms with van der Waals surface area (Å²) in [6, 6.07) is 14.1. The van der Waals surface area contributed by atoms with Gasteiger partial charge in [-0.2, -0.15) is 0 Å². The van der Waals surface area contributed by atoms with Crippen molar-refractivity contribution < 1.29 is 36.3 Å². The third kappa shape index (κ3) is 5.87. The van der Waals surface area contributed by atoms with Gasteiger partial charge in [0.1, 0.15) is 5.75 Å². The van der Waals surface area contributed by atoms with Gasteiger partial charge in [-0.3, -0.25) is 9.52 Å². The number of sulfonamides is 1. The highest BCUT2D eigenvalue weighted by Gasteiger charge is 2.21. The van der Waals surface area contributed by atoms with E-state index in [1.165, 1.54) is 38.3 Å². The van der Waals surface area contributed by atoms with Crippen LogP contribution in [0.4, 0.5) is 20.2 Å². The number of benzene rings is 3. The average molecular weight is 490 g/mol. The number of amides is 1. The van der Waals surface area contributed by atoms with Crippen molar-refractivity contribution in [2.45, 2.75) is 17.9 Å². The third-order valence-electron chi connectivity index (χ3n) is 4.57. The second-order valence-corrected chi connectivity index (χ2v) is 8.68. The summed E-state index contributed by atoms with van der Waals surface area (Å²) in [4.78, 5) is 24.4. The zero-order valence-electron chi connectivity index (χ0n) is 18.0. The number of methoxy groups -OCH3 is 1. The summed E-state index contributed by atoms with van der Waals surface area (Å²) >= 11 is 0. The molecular weight excluding hydrogens is 470 g/mol. The lowest BCUT2D eigenvalue weighted by Gasteiger charge is -2.15. The molecule has 11 heteroatoms. The van der Waals surface area contributed by atoms with E-state index in [1.54, 1.807) is 24.3 Å². The number of hydrogen-bond donors (Lipinski definition) is 2. The fraction of sp³-hybridized carbons (Fsp3) is 0.130. The molecule has 0 aromatic heterocycles. The fourth-order valence-electron chi connectivity index (χ4n) is 2.83. The maximum atomic E-state index is 13.4. The minimum atomic E-state index is -4.26. The lowest BCUT2D eigenvalue weighted by atomic mass is 10.2. The van der Waals surface area contributed by atoms with Crippen molar-refractivity contribution in [1.29, 1.82) is 0 Å². The highest BCUT2D eigenvalue weighted by atomic mass is 32.2. The first-order valence-corrected chi connectivity index (χ1v) is 11.3. The largest absolute Gasteiger partial charge is 0.495 e. The van der Waals surface area contributed by atoms with Crippen LogP contribution in [0, 0.1) is 11.6 Å². The second kappa shape index (κ2) is 10.3. The van der Waals surface area contributed by atoms with E-state index in [4.69, 9.17) is 9.47 Å². The number of carbonyl (C=O) groups is 2. The first-order valence-electron chi connectivity index (χ1n) is 9.83. The number of para-hydroxylation sites is 2. The summed E-state index contributed by atoms with van der Waals surface area (Å²) in [5.41, 5.74) is 0.333. The zero-order valence-corrected chi connectivity index (χ0v) is 18.9. The Bertz CT molecular complexity index is 1330. The predicted molar refractivity (Wildman–Crippen MR) is 120 cm³/mol. The molecule has 0 saturated carbocycles. The van der Waals surface area contributed by atoms with Gasteiger partial charge in [-0.05, 0) is 55.5 Å². The second-order valence-electron chi connectivity index (χ2n) is 7.00. The molecule has 0 radical (unpaired) electrons. The van der Waals surface area contributed by atoms with Gasteiger partial charge in [-0.15, -0.1) is 0 Å². The lowest BCUT2D eigenvalue weighted by molar-refractivity contribution is -0.123. The molecule has 3 rings (SSSR count). The maximum Gasteiger partial charge on any atom is 0.338 e. The molecule has 178 valence electrons. The van der Waals surface area contributed by atoms with Gasteiger partial charge in [0.15, 0.2) is 17.7 Å². The van der Waals surface area contributed by atoms with Crippen LogP contribution in [0.2, 0.25) is 0 Å². The average Bonchev–Trinajstić information content (AvgIpc) is 2.80. The van der Waals surface area contributed by atoms with Gasteiger partial charge in [0.2, 0.25) is 0 Å². The van der Waals surface area contributed by atoms with Crippen LogP contribution in [0.1, 0.15) is 17.3 Å². The van der Waals surface area contributed by atoms with Gasteiger partial charge in [0, 0.05) is 5.69 Å². The zero-order chi connectivity index (χ0) is 24.9. The predicted octanol–water partition coefficient (Wildman–Crippen LogP) is 3.96. The van der Waals surface area contributed by atoms with Crippen molar-refractivity contribution in [1.82, 2.24) is 0 Å². The number of halogens is 2. The molecular formula is C23H20F2N2O6S. The van der Waals surface area contributed by atoms with Crippen LogP contribution in [0.25, 0.3) is 0 Å². The molecule has 0 fully saturated rings. The van der Waals surface area contributed by atoms with E-state index < -0.39 is 44.5 Å². The Labute approximate surface area is 194 Å². The van der Waals surface area contributed by atoms with Gasteiger partial charge < -0.3 is 14.8 Å². The fourth-order valence-corrected chi connectivity index (χ4v) is 3.89. The topological polar surface area (TPSA) is 111 Å². The minimum Gasteiger partial charge on any atom is -0.495 e. The van der Waals surface area contributed by atoms with Crippen molar-refractivity contribution in [3.05, 3.63) is 83.9 Å². The van der Waals surface area contributed by atoms with E-state index in [0.29, 0.717) is 23.6 Å². The molecule has 0 aliphatic rings. The lowest BCUT2D eigenvalue weighted by Crippen LogP contribution is -2.30. The van der Waals surface area contributed by atoms with Crippen molar-refractivity contribution in [2.24, 2.45) is 0 Å². The SMILES string of the molecule is COc1ccccc1NC(=O)C(C)OC(=O)c1cccc(NS(=O)(=O)c2ccc(F)c(F)c2)c1. The number of ether oxygens (including phenoxy) is 2. The van der Waals surface area contributed by atoms with Crippen LogP contribution in [0.3, 0.4) is 0 Å². The summed E-state index contributed by atoms with van der Waals surface area (Å²) in [6.45, 7) is 1.37. The molecule has 3 aromatic rings. The van der Waals surface area contributed by atoms with Gasteiger partial charge in [0.05, 0.1) is 23.3 Å². The van der Waals surface area contributed by atoms with Crippen LogP contribution in [0.5, 0.6) is 5.75 Å². The van der Waals surface area contributed by atoms with E-state index in [1.807, 2.05) is 0 Å². The monoisotopic (exact) mass is 490 g/mol.